The molecule has 0 fully saturated rings. The SMILES string of the molecule is COc1ccc([C@H]2CC(=O)Nc3c2sc(C(=O)O)c3-c2ccc(Cl)cc2)c(OC)c1OC. The molecule has 3 aromatic rings. The molecular formula is C23H20ClNO6S. The molecule has 166 valence electrons. The van der Waals surface area contributed by atoms with Crippen LogP contribution in [0.15, 0.2) is 36.4 Å². The lowest BCUT2D eigenvalue weighted by atomic mass is 9.87. The van der Waals surface area contributed by atoms with Gasteiger partial charge < -0.3 is 24.6 Å². The van der Waals surface area contributed by atoms with Gasteiger partial charge in [-0.25, -0.2) is 4.79 Å². The predicted octanol–water partition coefficient (Wildman–Crippen LogP) is 5.27. The molecule has 2 heterocycles. The highest BCUT2D eigenvalue weighted by molar-refractivity contribution is 7.15. The Bertz CT molecular complexity index is 1200. The van der Waals surface area contributed by atoms with Gasteiger partial charge in [0.2, 0.25) is 11.7 Å². The number of halogens is 1. The number of amides is 1. The predicted molar refractivity (Wildman–Crippen MR) is 123 cm³/mol. The van der Waals surface area contributed by atoms with Crippen LogP contribution in [-0.4, -0.2) is 38.3 Å². The molecule has 2 aromatic carbocycles. The molecule has 1 aliphatic heterocycles. The number of thiophene rings is 1. The van der Waals surface area contributed by atoms with E-state index in [-0.39, 0.29) is 17.2 Å². The maximum Gasteiger partial charge on any atom is 0.346 e. The summed E-state index contributed by atoms with van der Waals surface area (Å²) in [5, 5.41) is 13.3. The zero-order valence-corrected chi connectivity index (χ0v) is 19.1. The number of benzene rings is 2. The van der Waals surface area contributed by atoms with Crippen LogP contribution in [0.3, 0.4) is 0 Å². The minimum absolute atomic E-state index is 0.137. The summed E-state index contributed by atoms with van der Waals surface area (Å²) in [4.78, 5) is 25.7. The van der Waals surface area contributed by atoms with Crippen molar-refractivity contribution < 1.29 is 28.9 Å². The summed E-state index contributed by atoms with van der Waals surface area (Å²) in [6.45, 7) is 0. The number of carbonyl (C=O) groups is 2. The van der Waals surface area contributed by atoms with Crippen LogP contribution in [0, 0.1) is 0 Å². The van der Waals surface area contributed by atoms with E-state index in [0.29, 0.717) is 44.6 Å². The summed E-state index contributed by atoms with van der Waals surface area (Å²) in [5.41, 5.74) is 2.33. The fourth-order valence-electron chi connectivity index (χ4n) is 3.98. The number of nitrogens with one attached hydrogen (secondary N) is 1. The van der Waals surface area contributed by atoms with Crippen molar-refractivity contribution in [3.8, 4) is 28.4 Å². The van der Waals surface area contributed by atoms with E-state index in [1.165, 1.54) is 21.3 Å². The van der Waals surface area contributed by atoms with Gasteiger partial charge in [0.25, 0.3) is 0 Å². The van der Waals surface area contributed by atoms with Crippen LogP contribution in [0.4, 0.5) is 5.69 Å². The Labute approximate surface area is 193 Å². The third kappa shape index (κ3) is 3.65. The van der Waals surface area contributed by atoms with Gasteiger partial charge >= 0.3 is 5.97 Å². The van der Waals surface area contributed by atoms with Crippen LogP contribution in [-0.2, 0) is 4.79 Å². The molecule has 1 aromatic heterocycles. The van der Waals surface area contributed by atoms with Gasteiger partial charge in [-0.05, 0) is 23.8 Å². The first-order chi connectivity index (χ1) is 15.4. The van der Waals surface area contributed by atoms with E-state index >= 15 is 0 Å². The van der Waals surface area contributed by atoms with Crippen molar-refractivity contribution in [3.63, 3.8) is 0 Å². The molecule has 9 heteroatoms. The molecule has 1 atom stereocenters. The van der Waals surface area contributed by atoms with E-state index < -0.39 is 11.9 Å². The minimum atomic E-state index is -1.07. The summed E-state index contributed by atoms with van der Waals surface area (Å²) >= 11 is 7.15. The number of carbonyl (C=O) groups excluding carboxylic acids is 1. The number of ether oxygens (including phenoxy) is 3. The van der Waals surface area contributed by atoms with Crippen molar-refractivity contribution in [1.82, 2.24) is 0 Å². The number of rotatable bonds is 6. The van der Waals surface area contributed by atoms with Crippen LogP contribution < -0.4 is 19.5 Å². The highest BCUT2D eigenvalue weighted by Crippen LogP contribution is 2.53. The lowest BCUT2D eigenvalue weighted by molar-refractivity contribution is -0.116. The van der Waals surface area contributed by atoms with E-state index in [2.05, 4.69) is 5.32 Å². The lowest BCUT2D eigenvalue weighted by Gasteiger charge is -2.26. The van der Waals surface area contributed by atoms with Gasteiger partial charge in [-0.2, -0.15) is 0 Å². The first kappa shape index (κ1) is 22.0. The number of hydrogen-bond donors (Lipinski definition) is 2. The summed E-state index contributed by atoms with van der Waals surface area (Å²) in [5.74, 6) is -0.361. The quantitative estimate of drug-likeness (QED) is 0.506. The molecule has 0 saturated carbocycles. The van der Waals surface area contributed by atoms with Crippen LogP contribution in [0.25, 0.3) is 11.1 Å². The molecule has 32 heavy (non-hydrogen) atoms. The highest BCUT2D eigenvalue weighted by atomic mass is 35.5. The molecular weight excluding hydrogens is 454 g/mol. The van der Waals surface area contributed by atoms with Crippen molar-refractivity contribution in [2.75, 3.05) is 26.6 Å². The van der Waals surface area contributed by atoms with Crippen molar-refractivity contribution in [1.29, 1.82) is 0 Å². The number of aromatic carboxylic acids is 1. The second-order valence-corrected chi connectivity index (χ2v) is 8.57. The van der Waals surface area contributed by atoms with Crippen molar-refractivity contribution >= 4 is 40.5 Å². The van der Waals surface area contributed by atoms with Crippen LogP contribution in [0.2, 0.25) is 5.02 Å². The van der Waals surface area contributed by atoms with E-state index in [1.807, 2.05) is 6.07 Å². The Balaban J connectivity index is 1.96. The number of carboxylic acids is 1. The van der Waals surface area contributed by atoms with Gasteiger partial charge in [-0.15, -0.1) is 11.3 Å². The molecule has 0 radical (unpaired) electrons. The Kier molecular flexibility index (Phi) is 5.99. The molecule has 1 aliphatic rings. The normalized spacial score (nSPS) is 15.0. The van der Waals surface area contributed by atoms with Crippen molar-refractivity contribution in [2.24, 2.45) is 0 Å². The van der Waals surface area contributed by atoms with E-state index in [0.717, 1.165) is 16.2 Å². The third-order valence-corrected chi connectivity index (χ3v) is 6.89. The first-order valence-corrected chi connectivity index (χ1v) is 10.8. The highest BCUT2D eigenvalue weighted by Gasteiger charge is 2.36. The van der Waals surface area contributed by atoms with E-state index in [4.69, 9.17) is 25.8 Å². The van der Waals surface area contributed by atoms with Crippen LogP contribution in [0.1, 0.15) is 32.5 Å². The number of methoxy groups -OCH3 is 3. The van der Waals surface area contributed by atoms with E-state index in [1.54, 1.807) is 30.3 Å². The number of fused-ring (bicyclic) bond motifs is 1. The molecule has 0 aliphatic carbocycles. The Morgan fingerprint density at radius 2 is 1.75 bits per heavy atom. The largest absolute Gasteiger partial charge is 0.493 e. The van der Waals surface area contributed by atoms with Crippen molar-refractivity contribution in [3.05, 3.63) is 56.7 Å². The number of carboxylic acid groups (broad SMARTS) is 1. The van der Waals surface area contributed by atoms with Gasteiger partial charge in [-0.3, -0.25) is 4.79 Å². The van der Waals surface area contributed by atoms with Crippen LogP contribution >= 0.6 is 22.9 Å². The second-order valence-electron chi connectivity index (χ2n) is 7.09. The van der Waals surface area contributed by atoms with Crippen LogP contribution in [0.5, 0.6) is 17.2 Å². The molecule has 1 amide bonds. The Hall–Kier alpha value is -3.23. The number of anilines is 1. The van der Waals surface area contributed by atoms with Gasteiger partial charge in [0, 0.05) is 33.4 Å². The van der Waals surface area contributed by atoms with Gasteiger partial charge in [0.15, 0.2) is 11.5 Å². The Morgan fingerprint density at radius 3 is 2.34 bits per heavy atom. The summed E-state index contributed by atoms with van der Waals surface area (Å²) in [7, 11) is 4.55. The maximum atomic E-state index is 12.7. The lowest BCUT2D eigenvalue weighted by Crippen LogP contribution is -2.23. The summed E-state index contributed by atoms with van der Waals surface area (Å²) < 4.78 is 16.5. The first-order valence-electron chi connectivity index (χ1n) is 9.64. The monoisotopic (exact) mass is 473 g/mol. The molecule has 0 saturated heterocycles. The summed E-state index contributed by atoms with van der Waals surface area (Å²) in [6, 6.07) is 10.4. The van der Waals surface area contributed by atoms with Crippen molar-refractivity contribution in [2.45, 2.75) is 12.3 Å². The molecule has 0 unspecified atom stereocenters. The molecule has 2 N–H and O–H groups in total. The zero-order valence-electron chi connectivity index (χ0n) is 17.5. The average molecular weight is 474 g/mol. The van der Waals surface area contributed by atoms with Gasteiger partial charge in [-0.1, -0.05) is 29.8 Å². The van der Waals surface area contributed by atoms with Gasteiger partial charge in [0.1, 0.15) is 4.88 Å². The molecule has 0 spiro atoms. The molecule has 0 bridgehead atoms. The Morgan fingerprint density at radius 1 is 1.06 bits per heavy atom. The third-order valence-electron chi connectivity index (χ3n) is 5.34. The average Bonchev–Trinajstić information content (AvgIpc) is 3.17. The fourth-order valence-corrected chi connectivity index (χ4v) is 5.34. The molecule has 7 nitrogen and oxygen atoms in total. The summed E-state index contributed by atoms with van der Waals surface area (Å²) in [6.07, 6.45) is 0.137. The zero-order chi connectivity index (χ0) is 23.0. The number of hydrogen-bond acceptors (Lipinski definition) is 6. The second kappa shape index (κ2) is 8.72. The van der Waals surface area contributed by atoms with Gasteiger partial charge in [0.05, 0.1) is 27.0 Å². The fraction of sp³-hybridized carbons (Fsp3) is 0.217. The minimum Gasteiger partial charge on any atom is -0.493 e. The topological polar surface area (TPSA) is 94.1 Å². The van der Waals surface area contributed by atoms with E-state index in [9.17, 15) is 14.7 Å². The standard InChI is InChI=1S/C23H20ClNO6S/c1-29-15-9-8-13(19(30-2)20(15)31-3)14-10-16(26)25-18-17(11-4-6-12(24)7-5-11)22(23(27)28)32-21(14)18/h4-9,14H,10H2,1-3H3,(H,25,26)(H,27,28)/t14-/m1/s1. The molecule has 4 rings (SSSR count). The maximum absolute atomic E-state index is 12.7. The smallest absolute Gasteiger partial charge is 0.346 e.